The molecule has 0 fully saturated rings. The van der Waals surface area contributed by atoms with E-state index in [1.54, 1.807) is 0 Å². The Balaban J connectivity index is 0. The van der Waals surface area contributed by atoms with Crippen LogP contribution >= 0.6 is 0 Å². The summed E-state index contributed by atoms with van der Waals surface area (Å²) in [5.41, 5.74) is 0. The summed E-state index contributed by atoms with van der Waals surface area (Å²) in [5.74, 6) is 0. The second kappa shape index (κ2) is 16.0. The SMILES string of the molecule is [Ag].[Cd].[Hg].[Pb]. The molecule has 0 aromatic carbocycles. The van der Waals surface area contributed by atoms with E-state index in [-0.39, 0.29) is 105 Å². The molecule has 0 unspecified atom stereocenters. The van der Waals surface area contributed by atoms with Crippen LogP contribution in [0.15, 0.2) is 0 Å². The van der Waals surface area contributed by atoms with Gasteiger partial charge in [-0.3, -0.25) is 0 Å². The predicted octanol–water partition coefficient (Wildman–Crippen LogP) is -0.388. The fourth-order valence-corrected chi connectivity index (χ4v) is 0. The first-order chi connectivity index (χ1) is 0. The zero-order chi connectivity index (χ0) is 0. The molecular formula is AgCdHgPb. The first kappa shape index (κ1) is 25.8. The second-order valence-corrected chi connectivity index (χ2v) is 0. The molecule has 0 atom stereocenters. The van der Waals surface area contributed by atoms with Crippen LogP contribution in [0.3, 0.4) is 0 Å². The van der Waals surface area contributed by atoms with E-state index in [0.717, 1.165) is 0 Å². The monoisotopic (exact) mass is 631 g/mol. The number of hydrogen-bond acceptors (Lipinski definition) is 0. The van der Waals surface area contributed by atoms with Crippen molar-refractivity contribution in [2.24, 2.45) is 0 Å². The van der Waals surface area contributed by atoms with Gasteiger partial charge < -0.3 is 0 Å². The van der Waals surface area contributed by atoms with Gasteiger partial charge in [-0.25, -0.2) is 0 Å². The van der Waals surface area contributed by atoms with Gasteiger partial charge in [-0.05, 0) is 0 Å². The summed E-state index contributed by atoms with van der Waals surface area (Å²) in [6.07, 6.45) is 0. The van der Waals surface area contributed by atoms with E-state index in [4.69, 9.17) is 0 Å². The molecule has 0 aromatic heterocycles. The molecule has 0 bridgehead atoms. The van der Waals surface area contributed by atoms with Gasteiger partial charge in [0.25, 0.3) is 0 Å². The first-order valence-electron chi connectivity index (χ1n) is 0. The maximum Gasteiger partial charge on any atom is 0 e. The van der Waals surface area contributed by atoms with E-state index in [2.05, 4.69) is 0 Å². The molecule has 0 saturated carbocycles. The molecule has 0 heterocycles. The van der Waals surface area contributed by atoms with Crippen LogP contribution in [-0.2, 0) is 77.3 Å². The molecule has 5 radical (unpaired) electrons. The summed E-state index contributed by atoms with van der Waals surface area (Å²) in [6.45, 7) is 0. The molecule has 19 valence electrons. The molecule has 0 aliphatic rings. The van der Waals surface area contributed by atoms with Crippen LogP contribution in [0.4, 0.5) is 0 Å². The molecule has 0 aromatic rings. The van der Waals surface area contributed by atoms with Crippen LogP contribution in [0.1, 0.15) is 0 Å². The Hall–Kier alpha value is 3.52. The molecule has 0 saturated heterocycles. The van der Waals surface area contributed by atoms with Crippen molar-refractivity contribution < 1.29 is 77.3 Å². The van der Waals surface area contributed by atoms with Crippen LogP contribution in [0.2, 0.25) is 0 Å². The van der Waals surface area contributed by atoms with E-state index >= 15 is 0 Å². The summed E-state index contributed by atoms with van der Waals surface area (Å²) in [6, 6.07) is 0. The van der Waals surface area contributed by atoms with Gasteiger partial charge in [-0.1, -0.05) is 0 Å². The van der Waals surface area contributed by atoms with Gasteiger partial charge in [0.15, 0.2) is 0 Å². The van der Waals surface area contributed by atoms with E-state index in [1.807, 2.05) is 0 Å². The van der Waals surface area contributed by atoms with Gasteiger partial charge in [0, 0.05) is 105 Å². The molecule has 0 rings (SSSR count). The molecule has 0 aliphatic heterocycles. The summed E-state index contributed by atoms with van der Waals surface area (Å²) < 4.78 is 0. The summed E-state index contributed by atoms with van der Waals surface area (Å²) in [7, 11) is 0. The van der Waals surface area contributed by atoms with E-state index in [9.17, 15) is 0 Å². The van der Waals surface area contributed by atoms with Crippen molar-refractivity contribution >= 4 is 27.3 Å². The normalized spacial score (nSPS) is 0. The molecule has 0 N–H and O–H groups in total. The smallest absolute Gasteiger partial charge is 0 e. The fourth-order valence-electron chi connectivity index (χ4n) is 0. The van der Waals surface area contributed by atoms with Crippen LogP contribution in [-0.4, -0.2) is 27.3 Å². The Kier molecular flexibility index (Phi) is 103. The van der Waals surface area contributed by atoms with Crippen LogP contribution < -0.4 is 0 Å². The molecule has 4 heavy (non-hydrogen) atoms. The minimum atomic E-state index is 0. The van der Waals surface area contributed by atoms with Crippen molar-refractivity contribution in [3.8, 4) is 0 Å². The summed E-state index contributed by atoms with van der Waals surface area (Å²) in [4.78, 5) is 0. The molecule has 4 heteroatoms. The zero-order valence-electron chi connectivity index (χ0n) is 2.22. The third-order valence-corrected chi connectivity index (χ3v) is 0. The third kappa shape index (κ3) is 9.10. The fraction of sp³-hybridized carbons (Fsp3) is 0. The van der Waals surface area contributed by atoms with E-state index < -0.39 is 0 Å². The van der Waals surface area contributed by atoms with Crippen molar-refractivity contribution in [2.75, 3.05) is 0 Å². The standard InChI is InChI=1S/Ag.Cd.Hg.Pb. The Morgan fingerprint density at radius 2 is 1.00 bits per heavy atom. The molecule has 0 spiro atoms. The quantitative estimate of drug-likeness (QED) is 0.321. The second-order valence-electron chi connectivity index (χ2n) is 0. The largest absolute Gasteiger partial charge is 0 e. The van der Waals surface area contributed by atoms with E-state index in [1.165, 1.54) is 0 Å². The minimum absolute atomic E-state index is 0. The van der Waals surface area contributed by atoms with Crippen molar-refractivity contribution in [2.45, 2.75) is 0 Å². The van der Waals surface area contributed by atoms with Crippen molar-refractivity contribution in [3.63, 3.8) is 0 Å². The van der Waals surface area contributed by atoms with Crippen LogP contribution in [0.25, 0.3) is 0 Å². The Morgan fingerprint density at radius 3 is 1.00 bits per heavy atom. The summed E-state index contributed by atoms with van der Waals surface area (Å²) >= 11 is 0. The van der Waals surface area contributed by atoms with Crippen molar-refractivity contribution in [1.29, 1.82) is 0 Å². The number of rotatable bonds is 0. The summed E-state index contributed by atoms with van der Waals surface area (Å²) in [5, 5.41) is 0. The molecular weight excluding hydrogens is 628 g/mol. The molecule has 0 nitrogen and oxygen atoms in total. The first-order valence-corrected chi connectivity index (χ1v) is 0. The van der Waals surface area contributed by atoms with Gasteiger partial charge in [0.1, 0.15) is 0 Å². The maximum atomic E-state index is 0. The van der Waals surface area contributed by atoms with E-state index in [0.29, 0.717) is 0 Å². The molecule has 0 aliphatic carbocycles. The Morgan fingerprint density at radius 1 is 1.00 bits per heavy atom. The van der Waals surface area contributed by atoms with Gasteiger partial charge in [0.05, 0.1) is 0 Å². The van der Waals surface area contributed by atoms with Gasteiger partial charge >= 0.3 is 0 Å². The van der Waals surface area contributed by atoms with Crippen LogP contribution in [0.5, 0.6) is 0 Å². The minimum Gasteiger partial charge on any atom is 0 e. The van der Waals surface area contributed by atoms with Gasteiger partial charge in [-0.15, -0.1) is 0 Å². The van der Waals surface area contributed by atoms with Gasteiger partial charge in [-0.2, -0.15) is 0 Å². The van der Waals surface area contributed by atoms with Crippen molar-refractivity contribution in [1.82, 2.24) is 0 Å². The number of hydrogen-bond donors (Lipinski definition) is 0. The zero-order valence-corrected chi connectivity index (χ0v) is 17.1. The molecule has 0 amide bonds. The van der Waals surface area contributed by atoms with Crippen LogP contribution in [0, 0.1) is 0 Å². The Labute approximate surface area is 102 Å². The average molecular weight is 628 g/mol. The topological polar surface area (TPSA) is 0 Å². The third-order valence-electron chi connectivity index (χ3n) is 0. The maximum absolute atomic E-state index is 0. The average Bonchev–Trinajstić information content (AvgIpc) is 0. The van der Waals surface area contributed by atoms with Gasteiger partial charge in [0.2, 0.25) is 0 Å². The predicted molar refractivity (Wildman–Crippen MR) is 5.75 cm³/mol. The van der Waals surface area contributed by atoms with Crippen molar-refractivity contribution in [3.05, 3.63) is 0 Å². The Bertz CT molecular complexity index is 8.00.